The Morgan fingerprint density at radius 2 is 2.27 bits per heavy atom. The molecule has 0 radical (unpaired) electrons. The van der Waals surface area contributed by atoms with Crippen molar-refractivity contribution < 1.29 is 9.59 Å². The van der Waals surface area contributed by atoms with Crippen molar-refractivity contribution in [2.75, 3.05) is 5.32 Å². The number of rotatable bonds is 1. The normalized spacial score (nSPS) is 19.9. The fourth-order valence-electron chi connectivity index (χ4n) is 1.72. The summed E-state index contributed by atoms with van der Waals surface area (Å²) >= 11 is 1.28. The van der Waals surface area contributed by atoms with E-state index >= 15 is 0 Å². The summed E-state index contributed by atoms with van der Waals surface area (Å²) in [7, 11) is 0. The molecular weight excluding hydrogens is 212 g/mol. The van der Waals surface area contributed by atoms with E-state index in [1.807, 2.05) is 6.92 Å². The van der Waals surface area contributed by atoms with E-state index in [-0.39, 0.29) is 11.7 Å². The molecule has 1 N–H and O–H groups in total. The van der Waals surface area contributed by atoms with Crippen LogP contribution >= 0.6 is 11.3 Å². The molecule has 15 heavy (non-hydrogen) atoms. The molecule has 0 aromatic carbocycles. The first-order chi connectivity index (χ1) is 7.06. The van der Waals surface area contributed by atoms with Crippen molar-refractivity contribution in [1.29, 1.82) is 0 Å². The van der Waals surface area contributed by atoms with Crippen molar-refractivity contribution in [3.63, 3.8) is 0 Å². The van der Waals surface area contributed by atoms with Gasteiger partial charge in [0.15, 0.2) is 10.9 Å². The Morgan fingerprint density at radius 3 is 2.93 bits per heavy atom. The minimum Gasteiger partial charge on any atom is -0.302 e. The third kappa shape index (κ3) is 2.07. The molecule has 0 saturated carbocycles. The van der Waals surface area contributed by atoms with Crippen LogP contribution in [-0.4, -0.2) is 16.7 Å². The standard InChI is InChI=1S/C10H12N2O2S/c1-5-3-7-9(8(14)4-5)15-10(12-7)11-6(2)13/h5H,3-4H2,1-2H3,(H,11,12,13). The molecule has 0 fully saturated rings. The molecule has 0 saturated heterocycles. The number of amides is 1. The third-order valence-electron chi connectivity index (χ3n) is 2.31. The van der Waals surface area contributed by atoms with Gasteiger partial charge in [0.2, 0.25) is 5.91 Å². The molecule has 2 rings (SSSR count). The van der Waals surface area contributed by atoms with Crippen LogP contribution in [-0.2, 0) is 11.2 Å². The van der Waals surface area contributed by atoms with Crippen LogP contribution in [0.15, 0.2) is 0 Å². The Labute approximate surface area is 91.7 Å². The number of aromatic nitrogens is 1. The van der Waals surface area contributed by atoms with E-state index in [1.54, 1.807) is 0 Å². The number of carbonyl (C=O) groups excluding carboxylic acids is 2. The zero-order valence-corrected chi connectivity index (χ0v) is 9.48. The SMILES string of the molecule is CC(=O)Nc1nc2c(s1)C(=O)CC(C)C2. The Morgan fingerprint density at radius 1 is 1.53 bits per heavy atom. The first kappa shape index (κ1) is 10.3. The van der Waals surface area contributed by atoms with Crippen LogP contribution in [0, 0.1) is 5.92 Å². The minimum absolute atomic E-state index is 0.151. The van der Waals surface area contributed by atoms with Crippen molar-refractivity contribution >= 4 is 28.2 Å². The number of thiazole rings is 1. The smallest absolute Gasteiger partial charge is 0.223 e. The summed E-state index contributed by atoms with van der Waals surface area (Å²) in [6.07, 6.45) is 1.42. The molecule has 1 unspecified atom stereocenters. The number of hydrogen-bond acceptors (Lipinski definition) is 4. The number of hydrogen-bond donors (Lipinski definition) is 1. The minimum atomic E-state index is -0.151. The second-order valence-corrected chi connectivity index (χ2v) is 4.91. The van der Waals surface area contributed by atoms with Crippen LogP contribution in [0.3, 0.4) is 0 Å². The summed E-state index contributed by atoms with van der Waals surface area (Å²) in [5.74, 6) is 0.358. The Bertz CT molecular complexity index is 425. The molecule has 80 valence electrons. The van der Waals surface area contributed by atoms with Crippen LogP contribution in [0.4, 0.5) is 5.13 Å². The molecule has 0 aliphatic heterocycles. The van der Waals surface area contributed by atoms with Crippen molar-refractivity contribution in [2.24, 2.45) is 5.92 Å². The summed E-state index contributed by atoms with van der Waals surface area (Å²) in [6.45, 7) is 3.48. The molecule has 0 bridgehead atoms. The molecule has 1 aromatic heterocycles. The predicted molar refractivity (Wildman–Crippen MR) is 58.2 cm³/mol. The van der Waals surface area contributed by atoms with Crippen molar-refractivity contribution in [1.82, 2.24) is 4.98 Å². The highest BCUT2D eigenvalue weighted by atomic mass is 32.1. The van der Waals surface area contributed by atoms with Gasteiger partial charge in [0.1, 0.15) is 0 Å². The van der Waals surface area contributed by atoms with E-state index in [4.69, 9.17) is 0 Å². The van der Waals surface area contributed by atoms with E-state index in [0.717, 1.165) is 17.0 Å². The van der Waals surface area contributed by atoms with Gasteiger partial charge in [-0.15, -0.1) is 0 Å². The summed E-state index contributed by atoms with van der Waals surface area (Å²) in [5.41, 5.74) is 0.840. The number of fused-ring (bicyclic) bond motifs is 1. The number of carbonyl (C=O) groups is 2. The second kappa shape index (κ2) is 3.73. The lowest BCUT2D eigenvalue weighted by atomic mass is 9.92. The maximum absolute atomic E-state index is 11.7. The molecule has 1 aliphatic carbocycles. The summed E-state index contributed by atoms with van der Waals surface area (Å²) in [6, 6.07) is 0. The largest absolute Gasteiger partial charge is 0.302 e. The summed E-state index contributed by atoms with van der Waals surface area (Å²) in [4.78, 5) is 27.5. The Hall–Kier alpha value is -1.23. The van der Waals surface area contributed by atoms with Gasteiger partial charge in [0.25, 0.3) is 0 Å². The maximum Gasteiger partial charge on any atom is 0.223 e. The number of nitrogens with one attached hydrogen (secondary N) is 1. The van der Waals surface area contributed by atoms with Gasteiger partial charge >= 0.3 is 0 Å². The quantitative estimate of drug-likeness (QED) is 0.792. The molecule has 1 amide bonds. The fourth-order valence-corrected chi connectivity index (χ4v) is 2.71. The van der Waals surface area contributed by atoms with E-state index in [0.29, 0.717) is 17.5 Å². The first-order valence-electron chi connectivity index (χ1n) is 4.86. The lowest BCUT2D eigenvalue weighted by Gasteiger charge is -2.14. The van der Waals surface area contributed by atoms with Crippen LogP contribution in [0.5, 0.6) is 0 Å². The topological polar surface area (TPSA) is 59.1 Å². The van der Waals surface area contributed by atoms with Gasteiger partial charge < -0.3 is 5.32 Å². The highest BCUT2D eigenvalue weighted by molar-refractivity contribution is 7.17. The highest BCUT2D eigenvalue weighted by Crippen LogP contribution is 2.31. The van der Waals surface area contributed by atoms with Gasteiger partial charge in [-0.2, -0.15) is 0 Å². The lowest BCUT2D eigenvalue weighted by molar-refractivity contribution is -0.114. The van der Waals surface area contributed by atoms with Crippen LogP contribution in [0.2, 0.25) is 0 Å². The number of ketones is 1. The molecule has 5 heteroatoms. The Balaban J connectivity index is 2.30. The Kier molecular flexibility index (Phi) is 2.56. The van der Waals surface area contributed by atoms with Gasteiger partial charge in [-0.3, -0.25) is 9.59 Å². The number of nitrogens with zero attached hydrogens (tertiary/aromatic N) is 1. The van der Waals surface area contributed by atoms with Crippen LogP contribution < -0.4 is 5.32 Å². The molecular formula is C10H12N2O2S. The fraction of sp³-hybridized carbons (Fsp3) is 0.500. The van der Waals surface area contributed by atoms with Gasteiger partial charge in [-0.25, -0.2) is 4.98 Å². The summed E-state index contributed by atoms with van der Waals surface area (Å²) in [5, 5.41) is 3.15. The average molecular weight is 224 g/mol. The summed E-state index contributed by atoms with van der Waals surface area (Å²) < 4.78 is 0. The molecule has 1 aliphatic rings. The maximum atomic E-state index is 11.7. The van der Waals surface area contributed by atoms with Crippen molar-refractivity contribution in [3.05, 3.63) is 10.6 Å². The lowest BCUT2D eigenvalue weighted by Crippen LogP contribution is -2.16. The zero-order valence-electron chi connectivity index (χ0n) is 8.66. The molecule has 4 nitrogen and oxygen atoms in total. The predicted octanol–water partition coefficient (Wildman–Crippen LogP) is 1.87. The zero-order chi connectivity index (χ0) is 11.0. The van der Waals surface area contributed by atoms with E-state index in [9.17, 15) is 9.59 Å². The first-order valence-corrected chi connectivity index (χ1v) is 5.68. The van der Waals surface area contributed by atoms with Crippen LogP contribution in [0.25, 0.3) is 0 Å². The molecule has 1 aromatic rings. The van der Waals surface area contributed by atoms with Crippen LogP contribution in [0.1, 0.15) is 35.6 Å². The molecule has 1 atom stereocenters. The second-order valence-electron chi connectivity index (χ2n) is 3.91. The highest BCUT2D eigenvalue weighted by Gasteiger charge is 2.26. The monoisotopic (exact) mass is 224 g/mol. The van der Waals surface area contributed by atoms with Gasteiger partial charge in [-0.1, -0.05) is 18.3 Å². The number of anilines is 1. The van der Waals surface area contributed by atoms with E-state index in [1.165, 1.54) is 18.3 Å². The average Bonchev–Trinajstić information content (AvgIpc) is 2.45. The van der Waals surface area contributed by atoms with Crippen molar-refractivity contribution in [2.45, 2.75) is 26.7 Å². The van der Waals surface area contributed by atoms with Gasteiger partial charge in [-0.05, 0) is 12.3 Å². The van der Waals surface area contributed by atoms with Crippen molar-refractivity contribution in [3.8, 4) is 0 Å². The van der Waals surface area contributed by atoms with Gasteiger partial charge in [0, 0.05) is 13.3 Å². The van der Waals surface area contributed by atoms with Gasteiger partial charge in [0.05, 0.1) is 10.6 Å². The number of Topliss-reactive ketones (excluding diaryl/α,β-unsaturated/α-hetero) is 1. The van der Waals surface area contributed by atoms with E-state index < -0.39 is 0 Å². The van der Waals surface area contributed by atoms with E-state index in [2.05, 4.69) is 10.3 Å². The molecule has 1 heterocycles. The third-order valence-corrected chi connectivity index (χ3v) is 3.36. The molecule has 0 spiro atoms.